The molecule has 0 saturated carbocycles. The van der Waals surface area contributed by atoms with Crippen molar-refractivity contribution in [3.63, 3.8) is 0 Å². The van der Waals surface area contributed by atoms with Crippen molar-refractivity contribution >= 4 is 7.85 Å². The number of hydrogen-bond donors (Lipinski definition) is 0. The maximum atomic E-state index is 5.50. The van der Waals surface area contributed by atoms with Gasteiger partial charge in [-0.15, -0.1) is 0 Å². The Bertz CT molecular complexity index is 165. The first-order valence-corrected chi connectivity index (χ1v) is 5.02. The second kappa shape index (κ2) is 5.71. The summed E-state index contributed by atoms with van der Waals surface area (Å²) >= 11 is 0. The third-order valence-electron chi connectivity index (χ3n) is 2.31. The number of rotatable bonds is 4. The van der Waals surface area contributed by atoms with Crippen LogP contribution in [0.3, 0.4) is 0 Å². The molecule has 14 heavy (non-hydrogen) atoms. The van der Waals surface area contributed by atoms with Gasteiger partial charge in [-0.3, -0.25) is 0 Å². The van der Waals surface area contributed by atoms with Gasteiger partial charge in [0.15, 0.2) is 0 Å². The lowest BCUT2D eigenvalue weighted by Crippen LogP contribution is -2.49. The van der Waals surface area contributed by atoms with Crippen molar-refractivity contribution in [3.05, 3.63) is 0 Å². The fourth-order valence-electron chi connectivity index (χ4n) is 1.50. The predicted molar refractivity (Wildman–Crippen MR) is 55.0 cm³/mol. The maximum absolute atomic E-state index is 5.50. The van der Waals surface area contributed by atoms with Crippen LogP contribution in [0.5, 0.6) is 0 Å². The van der Waals surface area contributed by atoms with E-state index in [1.165, 1.54) is 0 Å². The Labute approximate surface area is 86.3 Å². The standard InChI is InChI=1S/C9H19BO4/c1-6(2)12-4-7-8(11-3)9(10)14-5-13-7/h6-9H,4-5,10H2,1-3H3. The van der Waals surface area contributed by atoms with E-state index in [4.69, 9.17) is 18.9 Å². The molecule has 1 saturated heterocycles. The highest BCUT2D eigenvalue weighted by atomic mass is 16.7. The SMILES string of the molecule is BC1OCOC(COC(C)C)C1OC. The second-order valence-electron chi connectivity index (χ2n) is 3.78. The molecule has 1 rings (SSSR count). The van der Waals surface area contributed by atoms with Gasteiger partial charge in [-0.1, -0.05) is 0 Å². The average Bonchev–Trinajstić information content (AvgIpc) is 2.14. The summed E-state index contributed by atoms with van der Waals surface area (Å²) in [6.07, 6.45) is 0.155. The Balaban J connectivity index is 2.39. The van der Waals surface area contributed by atoms with Crippen LogP contribution in [0.2, 0.25) is 0 Å². The molecular formula is C9H19BO4. The minimum absolute atomic E-state index is 0.0221. The maximum Gasteiger partial charge on any atom is 0.146 e. The minimum atomic E-state index is -0.0394. The molecular weight excluding hydrogens is 183 g/mol. The third-order valence-corrected chi connectivity index (χ3v) is 2.31. The van der Waals surface area contributed by atoms with Crippen LogP contribution in [0.1, 0.15) is 13.8 Å². The van der Waals surface area contributed by atoms with Gasteiger partial charge in [0.1, 0.15) is 26.8 Å². The van der Waals surface area contributed by atoms with Crippen molar-refractivity contribution in [1.82, 2.24) is 0 Å². The molecule has 3 atom stereocenters. The lowest BCUT2D eigenvalue weighted by Gasteiger charge is -2.35. The fraction of sp³-hybridized carbons (Fsp3) is 1.00. The Morgan fingerprint density at radius 2 is 2.14 bits per heavy atom. The molecule has 0 aromatic rings. The van der Waals surface area contributed by atoms with E-state index >= 15 is 0 Å². The van der Waals surface area contributed by atoms with Crippen molar-refractivity contribution in [1.29, 1.82) is 0 Å². The molecule has 1 aliphatic rings. The van der Waals surface area contributed by atoms with Crippen LogP contribution in [0.15, 0.2) is 0 Å². The molecule has 0 aromatic heterocycles. The smallest absolute Gasteiger partial charge is 0.146 e. The third kappa shape index (κ3) is 3.24. The highest BCUT2D eigenvalue weighted by molar-refractivity contribution is 6.11. The molecule has 0 spiro atoms. The summed E-state index contributed by atoms with van der Waals surface area (Å²) < 4.78 is 21.6. The van der Waals surface area contributed by atoms with Crippen LogP contribution < -0.4 is 0 Å². The van der Waals surface area contributed by atoms with Gasteiger partial charge in [-0.05, 0) is 13.8 Å². The Morgan fingerprint density at radius 1 is 1.43 bits per heavy atom. The van der Waals surface area contributed by atoms with E-state index in [-0.39, 0.29) is 24.3 Å². The van der Waals surface area contributed by atoms with Crippen LogP contribution in [-0.2, 0) is 18.9 Å². The molecule has 0 radical (unpaired) electrons. The zero-order valence-electron chi connectivity index (χ0n) is 9.36. The minimum Gasteiger partial charge on any atom is -0.377 e. The van der Waals surface area contributed by atoms with E-state index in [9.17, 15) is 0 Å². The molecule has 0 N–H and O–H groups in total. The first-order chi connectivity index (χ1) is 6.65. The average molecular weight is 202 g/mol. The van der Waals surface area contributed by atoms with E-state index in [1.807, 2.05) is 21.7 Å². The van der Waals surface area contributed by atoms with E-state index in [0.29, 0.717) is 13.4 Å². The lowest BCUT2D eigenvalue weighted by atomic mass is 9.90. The van der Waals surface area contributed by atoms with Crippen molar-refractivity contribution in [2.75, 3.05) is 20.5 Å². The molecule has 0 aliphatic carbocycles. The van der Waals surface area contributed by atoms with Gasteiger partial charge >= 0.3 is 0 Å². The van der Waals surface area contributed by atoms with Gasteiger partial charge in [-0.25, -0.2) is 0 Å². The van der Waals surface area contributed by atoms with Crippen LogP contribution in [-0.4, -0.2) is 52.7 Å². The van der Waals surface area contributed by atoms with Gasteiger partial charge in [0, 0.05) is 7.11 Å². The number of ether oxygens (including phenoxy) is 4. The molecule has 4 nitrogen and oxygen atoms in total. The van der Waals surface area contributed by atoms with Crippen LogP contribution in [0.25, 0.3) is 0 Å². The number of methoxy groups -OCH3 is 1. The van der Waals surface area contributed by atoms with E-state index in [2.05, 4.69) is 0 Å². The topological polar surface area (TPSA) is 36.9 Å². The summed E-state index contributed by atoms with van der Waals surface area (Å²) in [5.74, 6) is 0. The summed E-state index contributed by atoms with van der Waals surface area (Å²) in [6.45, 7) is 4.89. The van der Waals surface area contributed by atoms with Gasteiger partial charge in [0.05, 0.1) is 18.7 Å². The van der Waals surface area contributed by atoms with E-state index in [0.717, 1.165) is 0 Å². The van der Waals surface area contributed by atoms with E-state index < -0.39 is 0 Å². The molecule has 0 aromatic carbocycles. The van der Waals surface area contributed by atoms with Gasteiger partial charge < -0.3 is 18.9 Å². The van der Waals surface area contributed by atoms with Crippen molar-refractivity contribution in [3.8, 4) is 0 Å². The molecule has 3 unspecified atom stereocenters. The predicted octanol–water partition coefficient (Wildman–Crippen LogP) is -0.242. The quantitative estimate of drug-likeness (QED) is 0.589. The molecule has 1 fully saturated rings. The number of hydrogen-bond acceptors (Lipinski definition) is 4. The first kappa shape index (κ1) is 12.0. The molecule has 0 bridgehead atoms. The van der Waals surface area contributed by atoms with E-state index in [1.54, 1.807) is 7.11 Å². The summed E-state index contributed by atoms with van der Waals surface area (Å²) in [6, 6.07) is 0.0644. The summed E-state index contributed by atoms with van der Waals surface area (Å²) in [5.41, 5.74) is 0. The Kier molecular flexibility index (Phi) is 4.88. The zero-order valence-corrected chi connectivity index (χ0v) is 9.36. The molecule has 0 amide bonds. The molecule has 1 aliphatic heterocycles. The summed E-state index contributed by atoms with van der Waals surface area (Å²) in [5, 5.41) is 0. The monoisotopic (exact) mass is 202 g/mol. The largest absolute Gasteiger partial charge is 0.377 e. The summed E-state index contributed by atoms with van der Waals surface area (Å²) in [7, 11) is 3.65. The highest BCUT2D eigenvalue weighted by Crippen LogP contribution is 2.15. The second-order valence-corrected chi connectivity index (χ2v) is 3.78. The normalized spacial score (nSPS) is 33.6. The fourth-order valence-corrected chi connectivity index (χ4v) is 1.50. The van der Waals surface area contributed by atoms with Crippen LogP contribution >= 0.6 is 0 Å². The van der Waals surface area contributed by atoms with Crippen molar-refractivity contribution in [2.45, 2.75) is 38.2 Å². The van der Waals surface area contributed by atoms with Crippen LogP contribution in [0.4, 0.5) is 0 Å². The zero-order chi connectivity index (χ0) is 10.6. The highest BCUT2D eigenvalue weighted by Gasteiger charge is 2.32. The van der Waals surface area contributed by atoms with Crippen LogP contribution in [0, 0.1) is 0 Å². The summed E-state index contributed by atoms with van der Waals surface area (Å²) in [4.78, 5) is 0. The van der Waals surface area contributed by atoms with Gasteiger partial charge in [-0.2, -0.15) is 0 Å². The van der Waals surface area contributed by atoms with Crippen molar-refractivity contribution in [2.24, 2.45) is 0 Å². The van der Waals surface area contributed by atoms with Crippen molar-refractivity contribution < 1.29 is 18.9 Å². The first-order valence-electron chi connectivity index (χ1n) is 5.02. The Morgan fingerprint density at radius 3 is 2.71 bits per heavy atom. The van der Waals surface area contributed by atoms with Gasteiger partial charge in [0.25, 0.3) is 0 Å². The Hall–Kier alpha value is -0.0951. The van der Waals surface area contributed by atoms with Gasteiger partial charge in [0.2, 0.25) is 0 Å². The molecule has 1 heterocycles. The molecule has 5 heteroatoms. The molecule has 82 valence electrons. The lowest BCUT2D eigenvalue weighted by molar-refractivity contribution is -0.229.